The lowest BCUT2D eigenvalue weighted by Crippen LogP contribution is -2.34. The molecular weight excluding hydrogens is 235 g/mol. The van der Waals surface area contributed by atoms with Crippen LogP contribution in [0.1, 0.15) is 26.2 Å². The third kappa shape index (κ3) is 2.98. The number of carbonyl (C=O) groups excluding carboxylic acids is 1. The van der Waals surface area contributed by atoms with Crippen LogP contribution in [0, 0.1) is 5.82 Å². The Morgan fingerprint density at radius 2 is 2.28 bits per heavy atom. The SMILES string of the molecule is CC(OC1CCC1)C(=O)Nc1ccc(F)cc1N. The van der Waals surface area contributed by atoms with Crippen molar-refractivity contribution in [3.8, 4) is 0 Å². The first kappa shape index (κ1) is 12.8. The number of anilines is 2. The number of nitrogens with one attached hydrogen (secondary N) is 1. The Bertz CT molecular complexity index is 447. The highest BCUT2D eigenvalue weighted by molar-refractivity contribution is 5.96. The molecule has 1 saturated carbocycles. The summed E-state index contributed by atoms with van der Waals surface area (Å²) in [5.41, 5.74) is 6.23. The van der Waals surface area contributed by atoms with Crippen molar-refractivity contribution < 1.29 is 13.9 Å². The molecule has 1 unspecified atom stereocenters. The van der Waals surface area contributed by atoms with Crippen LogP contribution in [0.4, 0.5) is 15.8 Å². The average Bonchev–Trinajstić information content (AvgIpc) is 2.27. The molecule has 0 radical (unpaired) electrons. The fourth-order valence-electron chi connectivity index (χ4n) is 1.74. The highest BCUT2D eigenvalue weighted by Crippen LogP contribution is 2.24. The molecule has 0 aromatic heterocycles. The predicted molar refractivity (Wildman–Crippen MR) is 67.6 cm³/mol. The van der Waals surface area contributed by atoms with Gasteiger partial charge < -0.3 is 15.8 Å². The summed E-state index contributed by atoms with van der Waals surface area (Å²) in [4.78, 5) is 11.8. The molecule has 1 aromatic carbocycles. The first-order valence-electron chi connectivity index (χ1n) is 6.07. The molecule has 3 N–H and O–H groups in total. The van der Waals surface area contributed by atoms with Crippen molar-refractivity contribution in [2.45, 2.75) is 38.4 Å². The second kappa shape index (κ2) is 5.35. The van der Waals surface area contributed by atoms with Gasteiger partial charge >= 0.3 is 0 Å². The number of ether oxygens (including phenoxy) is 1. The van der Waals surface area contributed by atoms with E-state index in [9.17, 15) is 9.18 Å². The third-order valence-electron chi connectivity index (χ3n) is 3.09. The van der Waals surface area contributed by atoms with Gasteiger partial charge in [0.05, 0.1) is 17.5 Å². The zero-order valence-electron chi connectivity index (χ0n) is 10.3. The Morgan fingerprint density at radius 1 is 1.56 bits per heavy atom. The van der Waals surface area contributed by atoms with Crippen LogP contribution in [0.5, 0.6) is 0 Å². The molecule has 18 heavy (non-hydrogen) atoms. The van der Waals surface area contributed by atoms with E-state index in [0.29, 0.717) is 5.69 Å². The van der Waals surface area contributed by atoms with E-state index in [1.165, 1.54) is 18.2 Å². The van der Waals surface area contributed by atoms with Crippen molar-refractivity contribution in [3.05, 3.63) is 24.0 Å². The molecule has 1 aliphatic carbocycles. The summed E-state index contributed by atoms with van der Waals surface area (Å²) in [5.74, 6) is -0.690. The molecule has 0 bridgehead atoms. The van der Waals surface area contributed by atoms with Gasteiger partial charge in [0.1, 0.15) is 11.9 Å². The summed E-state index contributed by atoms with van der Waals surface area (Å²) < 4.78 is 18.4. The van der Waals surface area contributed by atoms with Crippen LogP contribution in [0.2, 0.25) is 0 Å². The van der Waals surface area contributed by atoms with Crippen molar-refractivity contribution in [1.82, 2.24) is 0 Å². The maximum Gasteiger partial charge on any atom is 0.253 e. The number of amides is 1. The monoisotopic (exact) mass is 252 g/mol. The molecule has 0 heterocycles. The van der Waals surface area contributed by atoms with Gasteiger partial charge in [-0.1, -0.05) is 0 Å². The van der Waals surface area contributed by atoms with E-state index in [0.717, 1.165) is 19.3 Å². The molecule has 1 aliphatic rings. The number of nitrogens with two attached hydrogens (primary N) is 1. The van der Waals surface area contributed by atoms with Gasteiger partial charge in [0.25, 0.3) is 5.91 Å². The smallest absolute Gasteiger partial charge is 0.253 e. The standard InChI is InChI=1S/C13H17FN2O2/c1-8(18-10-3-2-4-10)13(17)16-12-6-5-9(14)7-11(12)15/h5-8,10H,2-4,15H2,1H3,(H,16,17). The molecule has 1 amide bonds. The number of halogens is 1. The van der Waals surface area contributed by atoms with Crippen LogP contribution in [0.15, 0.2) is 18.2 Å². The molecule has 1 atom stereocenters. The molecule has 0 spiro atoms. The van der Waals surface area contributed by atoms with E-state index in [1.54, 1.807) is 6.92 Å². The number of hydrogen-bond donors (Lipinski definition) is 2. The van der Waals surface area contributed by atoms with Crippen LogP contribution in [0.25, 0.3) is 0 Å². The minimum absolute atomic E-state index is 0.191. The summed E-state index contributed by atoms with van der Waals surface area (Å²) in [6, 6.07) is 3.87. The number of carbonyl (C=O) groups is 1. The fourth-order valence-corrected chi connectivity index (χ4v) is 1.74. The highest BCUT2D eigenvalue weighted by atomic mass is 19.1. The topological polar surface area (TPSA) is 64.3 Å². The number of rotatable bonds is 4. The maximum atomic E-state index is 12.9. The molecule has 4 nitrogen and oxygen atoms in total. The fraction of sp³-hybridized carbons (Fsp3) is 0.462. The molecule has 5 heteroatoms. The second-order valence-electron chi connectivity index (χ2n) is 4.55. The molecule has 98 valence electrons. The summed E-state index contributed by atoms with van der Waals surface area (Å²) >= 11 is 0. The number of hydrogen-bond acceptors (Lipinski definition) is 3. The van der Waals surface area contributed by atoms with E-state index in [-0.39, 0.29) is 17.7 Å². The van der Waals surface area contributed by atoms with Gasteiger partial charge in [0, 0.05) is 0 Å². The minimum atomic E-state index is -0.528. The summed E-state index contributed by atoms with van der Waals surface area (Å²) in [7, 11) is 0. The van der Waals surface area contributed by atoms with Crippen LogP contribution in [0.3, 0.4) is 0 Å². The quantitative estimate of drug-likeness (QED) is 0.808. The lowest BCUT2D eigenvalue weighted by atomic mass is 9.96. The van der Waals surface area contributed by atoms with Crippen molar-refractivity contribution in [3.63, 3.8) is 0 Å². The first-order valence-corrected chi connectivity index (χ1v) is 6.07. The Kier molecular flexibility index (Phi) is 3.81. The van der Waals surface area contributed by atoms with E-state index >= 15 is 0 Å². The van der Waals surface area contributed by atoms with Crippen LogP contribution < -0.4 is 11.1 Å². The molecule has 0 saturated heterocycles. The molecular formula is C13H17FN2O2. The van der Waals surface area contributed by atoms with Crippen molar-refractivity contribution >= 4 is 17.3 Å². The first-order chi connectivity index (χ1) is 8.56. The van der Waals surface area contributed by atoms with Crippen molar-refractivity contribution in [1.29, 1.82) is 0 Å². The highest BCUT2D eigenvalue weighted by Gasteiger charge is 2.24. The van der Waals surface area contributed by atoms with E-state index in [1.807, 2.05) is 0 Å². The second-order valence-corrected chi connectivity index (χ2v) is 4.55. The Hall–Kier alpha value is -1.62. The molecule has 0 aliphatic heterocycles. The molecule has 1 aromatic rings. The van der Waals surface area contributed by atoms with Gasteiger partial charge in [-0.15, -0.1) is 0 Å². The molecule has 2 rings (SSSR count). The van der Waals surface area contributed by atoms with E-state index in [4.69, 9.17) is 10.5 Å². The van der Waals surface area contributed by atoms with Gasteiger partial charge in [-0.05, 0) is 44.4 Å². The van der Waals surface area contributed by atoms with Gasteiger partial charge in [-0.3, -0.25) is 4.79 Å². The number of benzene rings is 1. The Labute approximate surface area is 105 Å². The van der Waals surface area contributed by atoms with Gasteiger partial charge in [0.15, 0.2) is 0 Å². The van der Waals surface area contributed by atoms with E-state index in [2.05, 4.69) is 5.32 Å². The summed E-state index contributed by atoms with van der Waals surface area (Å²) in [6.45, 7) is 1.70. The average molecular weight is 252 g/mol. The zero-order valence-corrected chi connectivity index (χ0v) is 10.3. The van der Waals surface area contributed by atoms with E-state index < -0.39 is 11.9 Å². The van der Waals surface area contributed by atoms with Crippen LogP contribution >= 0.6 is 0 Å². The summed E-state index contributed by atoms with van der Waals surface area (Å²) in [5, 5.41) is 2.64. The van der Waals surface area contributed by atoms with Gasteiger partial charge in [-0.2, -0.15) is 0 Å². The Morgan fingerprint density at radius 3 is 2.83 bits per heavy atom. The minimum Gasteiger partial charge on any atom is -0.397 e. The van der Waals surface area contributed by atoms with Gasteiger partial charge in [-0.25, -0.2) is 4.39 Å². The maximum absolute atomic E-state index is 12.9. The largest absolute Gasteiger partial charge is 0.397 e. The van der Waals surface area contributed by atoms with Crippen LogP contribution in [-0.4, -0.2) is 18.1 Å². The normalized spacial score (nSPS) is 17.0. The van der Waals surface area contributed by atoms with Crippen molar-refractivity contribution in [2.75, 3.05) is 11.1 Å². The summed E-state index contributed by atoms with van der Waals surface area (Å²) in [6.07, 6.45) is 2.84. The predicted octanol–water partition coefficient (Wildman–Crippen LogP) is 2.30. The van der Waals surface area contributed by atoms with Crippen molar-refractivity contribution in [2.24, 2.45) is 0 Å². The number of nitrogen functional groups attached to an aromatic ring is 1. The lowest BCUT2D eigenvalue weighted by molar-refractivity contribution is -0.133. The lowest BCUT2D eigenvalue weighted by Gasteiger charge is -2.28. The Balaban J connectivity index is 1.92. The molecule has 1 fully saturated rings. The van der Waals surface area contributed by atoms with Gasteiger partial charge in [0.2, 0.25) is 0 Å². The third-order valence-corrected chi connectivity index (χ3v) is 3.09. The van der Waals surface area contributed by atoms with Crippen LogP contribution in [-0.2, 0) is 9.53 Å². The zero-order chi connectivity index (χ0) is 13.1.